The van der Waals surface area contributed by atoms with Gasteiger partial charge >= 0.3 is 51.4 Å². The van der Waals surface area contributed by atoms with Crippen LogP contribution in [0.2, 0.25) is 0 Å². The summed E-state index contributed by atoms with van der Waals surface area (Å²) in [6.07, 6.45) is 0.600. The van der Waals surface area contributed by atoms with Gasteiger partial charge in [-0.25, -0.2) is 0 Å². The topological polar surface area (TPSA) is 38.5 Å². The van der Waals surface area contributed by atoms with E-state index in [0.29, 0.717) is 6.37 Å². The zero-order valence-corrected chi connectivity index (χ0v) is 17.4. The van der Waals surface area contributed by atoms with Crippen LogP contribution < -0.4 is 56.5 Å². The number of benzene rings is 1. The van der Waals surface area contributed by atoms with E-state index in [0.717, 1.165) is 11.4 Å². The molecule has 0 aliphatic rings. The third-order valence-corrected chi connectivity index (χ3v) is 2.83. The van der Waals surface area contributed by atoms with Gasteiger partial charge in [0.25, 0.3) is 0 Å². The van der Waals surface area contributed by atoms with Crippen LogP contribution in [0.4, 0.5) is 0 Å². The first-order chi connectivity index (χ1) is 7.77. The fourth-order valence-electron chi connectivity index (χ4n) is 1.01. The predicted octanol–water partition coefficient (Wildman–Crippen LogP) is 1.22. The van der Waals surface area contributed by atoms with Crippen molar-refractivity contribution < 1.29 is 51.4 Å². The molecule has 0 amide bonds. The largest absolute Gasteiger partial charge is 1.00 e. The summed E-state index contributed by atoms with van der Waals surface area (Å²) in [6.45, 7) is 6.07. The van der Waals surface area contributed by atoms with E-state index in [-0.39, 0.29) is 51.4 Å². The van der Waals surface area contributed by atoms with Crippen molar-refractivity contribution in [2.45, 2.75) is 20.8 Å². The number of amidine groups is 1. The van der Waals surface area contributed by atoms with Gasteiger partial charge in [0.15, 0.2) is 0 Å². The van der Waals surface area contributed by atoms with E-state index in [9.17, 15) is 0 Å². The Morgan fingerprint density at radius 2 is 1.82 bits per heavy atom. The van der Waals surface area contributed by atoms with Crippen LogP contribution in [0.15, 0.2) is 29.4 Å². The summed E-state index contributed by atoms with van der Waals surface area (Å²) in [5.74, 6) is 0.834. The van der Waals surface area contributed by atoms with Crippen LogP contribution in [0.1, 0.15) is 25.0 Å². The SMILES string of the molecule is CC.C[N-]/N=C(\NPI)c1ccc(C)cc1.[K+]. The van der Waals surface area contributed by atoms with Crippen molar-refractivity contribution in [3.05, 3.63) is 40.8 Å². The van der Waals surface area contributed by atoms with Crippen LogP contribution in [-0.2, 0) is 0 Å². The summed E-state index contributed by atoms with van der Waals surface area (Å²) in [5.41, 5.74) is 6.10. The smallest absolute Gasteiger partial charge is 0.603 e. The predicted molar refractivity (Wildman–Crippen MR) is 83.8 cm³/mol. The molecule has 0 fully saturated rings. The molecule has 0 aliphatic heterocycles. The fraction of sp³-hybridized carbons (Fsp3) is 0.364. The molecule has 0 aromatic heterocycles. The van der Waals surface area contributed by atoms with Gasteiger partial charge in [-0.15, -0.1) is 7.05 Å². The van der Waals surface area contributed by atoms with Crippen LogP contribution in [-0.4, -0.2) is 12.9 Å². The second kappa shape index (κ2) is 13.7. The minimum atomic E-state index is 0. The number of nitrogens with one attached hydrogen (secondary N) is 1. The Morgan fingerprint density at radius 1 is 1.29 bits per heavy atom. The van der Waals surface area contributed by atoms with Gasteiger partial charge in [-0.2, -0.15) is 0 Å². The van der Waals surface area contributed by atoms with Crippen LogP contribution in [0.5, 0.6) is 0 Å². The number of aryl methyl sites for hydroxylation is 1. The van der Waals surface area contributed by atoms with Gasteiger partial charge in [0.1, 0.15) is 5.84 Å². The van der Waals surface area contributed by atoms with Crippen molar-refractivity contribution in [2.24, 2.45) is 5.10 Å². The quantitative estimate of drug-likeness (QED) is 0.207. The van der Waals surface area contributed by atoms with Gasteiger partial charge < -0.3 is 15.6 Å². The summed E-state index contributed by atoms with van der Waals surface area (Å²) in [4.78, 5) is 0. The van der Waals surface area contributed by atoms with Crippen LogP contribution in [0, 0.1) is 6.92 Å². The molecule has 3 nitrogen and oxygen atoms in total. The van der Waals surface area contributed by atoms with Crippen LogP contribution in [0.25, 0.3) is 5.43 Å². The Labute approximate surface area is 162 Å². The molecule has 1 rings (SSSR count). The van der Waals surface area contributed by atoms with Crippen molar-refractivity contribution in [1.82, 2.24) is 5.09 Å². The monoisotopic (exact) mass is 389 g/mol. The number of nitrogens with zero attached hydrogens (tertiary/aromatic N) is 2. The molecule has 6 heteroatoms. The summed E-state index contributed by atoms with van der Waals surface area (Å²) in [7, 11) is 1.67. The van der Waals surface area contributed by atoms with E-state index in [1.165, 1.54) is 5.56 Å². The Bertz CT molecular complexity index is 317. The van der Waals surface area contributed by atoms with Gasteiger partial charge in [0, 0.05) is 11.9 Å². The minimum absolute atomic E-state index is 0. The Balaban J connectivity index is 0. The molecule has 17 heavy (non-hydrogen) atoms. The zero-order valence-electron chi connectivity index (χ0n) is 11.1. The fourth-order valence-corrected chi connectivity index (χ4v) is 2.06. The molecule has 0 bridgehead atoms. The van der Waals surface area contributed by atoms with E-state index in [1.807, 2.05) is 26.0 Å². The Morgan fingerprint density at radius 3 is 2.24 bits per heavy atom. The average Bonchev–Trinajstić information content (AvgIpc) is 2.32. The normalized spacial score (nSPS) is 10.3. The number of halogens is 1. The molecule has 1 aromatic carbocycles. The molecule has 0 spiro atoms. The van der Waals surface area contributed by atoms with E-state index in [2.05, 4.69) is 56.7 Å². The van der Waals surface area contributed by atoms with Crippen molar-refractivity contribution >= 4 is 34.3 Å². The summed E-state index contributed by atoms with van der Waals surface area (Å²) < 4.78 is 0. The standard InChI is InChI=1S/C9H12IN3P.C2H6.K/c1-7-3-5-8(6-4-7)9(12-11-2)13-14-10;1-2;/h3-6,14H,1-2H3,(H,12,13);1-2H3;/q-1;;+1. The molecule has 1 N–H and O–H groups in total. The molecule has 1 aromatic rings. The van der Waals surface area contributed by atoms with E-state index < -0.39 is 0 Å². The molecule has 0 saturated heterocycles. The van der Waals surface area contributed by atoms with Gasteiger partial charge in [-0.3, -0.25) is 0 Å². The van der Waals surface area contributed by atoms with Gasteiger partial charge in [0.05, 0.1) is 0 Å². The van der Waals surface area contributed by atoms with E-state index in [4.69, 9.17) is 0 Å². The molecule has 1 unspecified atom stereocenters. The maximum atomic E-state index is 4.05. The molecule has 1 atom stereocenters. The molecule has 0 radical (unpaired) electrons. The third kappa shape index (κ3) is 8.91. The van der Waals surface area contributed by atoms with E-state index in [1.54, 1.807) is 7.05 Å². The zero-order chi connectivity index (χ0) is 12.4. The number of hydrogen-bond donors (Lipinski definition) is 1. The Kier molecular flexibility index (Phi) is 16.6. The van der Waals surface area contributed by atoms with Crippen molar-refractivity contribution in [3.63, 3.8) is 0 Å². The molecule has 90 valence electrons. The maximum Gasteiger partial charge on any atom is 1.00 e. The van der Waals surface area contributed by atoms with Crippen LogP contribution in [0.3, 0.4) is 0 Å². The van der Waals surface area contributed by atoms with Crippen LogP contribution >= 0.6 is 28.4 Å². The number of hydrogen-bond acceptors (Lipinski definition) is 1. The van der Waals surface area contributed by atoms with Gasteiger partial charge in [-0.1, -0.05) is 43.7 Å². The van der Waals surface area contributed by atoms with E-state index >= 15 is 0 Å². The summed E-state index contributed by atoms with van der Waals surface area (Å²) >= 11 is 2.27. The second-order valence-corrected chi connectivity index (χ2v) is 4.79. The Hall–Kier alpha value is 1.29. The second-order valence-electron chi connectivity index (χ2n) is 2.73. The molecule has 0 aliphatic carbocycles. The molecular weight excluding hydrogens is 371 g/mol. The summed E-state index contributed by atoms with van der Waals surface area (Å²) in [6, 6.07) is 8.23. The first-order valence-electron chi connectivity index (χ1n) is 5.13. The maximum absolute atomic E-state index is 4.05. The summed E-state index contributed by atoms with van der Waals surface area (Å²) in [5, 5.41) is 7.24. The van der Waals surface area contributed by atoms with Gasteiger partial charge in [-0.05, 0) is 29.0 Å². The first-order valence-corrected chi connectivity index (χ1v) is 9.25. The van der Waals surface area contributed by atoms with Crippen molar-refractivity contribution in [3.8, 4) is 0 Å². The molecule has 0 saturated carbocycles. The third-order valence-electron chi connectivity index (χ3n) is 1.69. The minimum Gasteiger partial charge on any atom is -0.603 e. The average molecular weight is 389 g/mol. The first kappa shape index (κ1) is 20.6. The molecular formula is C11H18IKN3P. The van der Waals surface area contributed by atoms with Gasteiger partial charge in [0.2, 0.25) is 0 Å². The van der Waals surface area contributed by atoms with Crippen molar-refractivity contribution in [1.29, 1.82) is 0 Å². The van der Waals surface area contributed by atoms with Crippen molar-refractivity contribution in [2.75, 3.05) is 7.05 Å². The molecule has 0 heterocycles. The number of rotatable bonds is 3.